The van der Waals surface area contributed by atoms with Gasteiger partial charge < -0.3 is 19.4 Å². The number of aromatic nitrogens is 1. The molecule has 0 unspecified atom stereocenters. The van der Waals surface area contributed by atoms with Crippen LogP contribution in [0.15, 0.2) is 54.7 Å². The van der Waals surface area contributed by atoms with Gasteiger partial charge in [0.2, 0.25) is 5.91 Å². The van der Waals surface area contributed by atoms with Gasteiger partial charge in [-0.3, -0.25) is 4.79 Å². The maximum atomic E-state index is 12.8. The smallest absolute Gasteiger partial charge is 0.340 e. The van der Waals surface area contributed by atoms with Crippen LogP contribution < -0.4 is 5.32 Å². The van der Waals surface area contributed by atoms with Crippen LogP contribution in [0.1, 0.15) is 40.6 Å². The molecule has 7 nitrogen and oxygen atoms in total. The number of benzene rings is 2. The molecule has 1 amide bonds. The highest BCUT2D eigenvalue weighted by Crippen LogP contribution is 2.26. The molecule has 1 heterocycles. The van der Waals surface area contributed by atoms with Gasteiger partial charge in [0.15, 0.2) is 0 Å². The molecule has 0 saturated heterocycles. The second kappa shape index (κ2) is 8.60. The molecule has 7 heteroatoms. The zero-order chi connectivity index (χ0) is 21.0. The first-order chi connectivity index (χ1) is 14.0. The van der Waals surface area contributed by atoms with Crippen LogP contribution in [0.25, 0.3) is 10.9 Å². The fourth-order valence-electron chi connectivity index (χ4n) is 3.07. The Bertz CT molecular complexity index is 1050. The number of carbonyl (C=O) groups excluding carboxylic acids is 3. The minimum atomic E-state index is -0.581. The molecule has 0 spiro atoms. The third-order valence-electron chi connectivity index (χ3n) is 4.61. The van der Waals surface area contributed by atoms with E-state index in [0.717, 1.165) is 10.9 Å². The van der Waals surface area contributed by atoms with Crippen molar-refractivity contribution in [2.24, 2.45) is 0 Å². The van der Waals surface area contributed by atoms with Gasteiger partial charge in [-0.15, -0.1) is 0 Å². The Kier molecular flexibility index (Phi) is 5.97. The van der Waals surface area contributed by atoms with E-state index in [0.29, 0.717) is 23.4 Å². The normalized spacial score (nSPS) is 11.7. The Morgan fingerprint density at radius 1 is 1.03 bits per heavy atom. The largest absolute Gasteiger partial charge is 0.465 e. The summed E-state index contributed by atoms with van der Waals surface area (Å²) in [5.74, 6) is -1.12. The molecule has 0 saturated carbocycles. The number of esters is 2. The van der Waals surface area contributed by atoms with E-state index in [2.05, 4.69) is 5.32 Å². The van der Waals surface area contributed by atoms with Gasteiger partial charge in [-0.05, 0) is 44.2 Å². The van der Waals surface area contributed by atoms with E-state index >= 15 is 0 Å². The summed E-state index contributed by atoms with van der Waals surface area (Å²) >= 11 is 0. The fraction of sp³-hybridized carbons (Fsp3) is 0.227. The van der Waals surface area contributed by atoms with Crippen LogP contribution in [0.4, 0.5) is 5.69 Å². The third-order valence-corrected chi connectivity index (χ3v) is 4.61. The number of nitrogens with zero attached hydrogens (tertiary/aromatic N) is 1. The highest BCUT2D eigenvalue weighted by molar-refractivity contribution is 6.05. The molecule has 0 aliphatic heterocycles. The molecule has 3 rings (SSSR count). The molecule has 150 valence electrons. The van der Waals surface area contributed by atoms with Crippen molar-refractivity contribution in [3.05, 3.63) is 65.9 Å². The highest BCUT2D eigenvalue weighted by Gasteiger charge is 2.22. The number of hydrogen-bond acceptors (Lipinski definition) is 5. The van der Waals surface area contributed by atoms with Crippen molar-refractivity contribution in [2.45, 2.75) is 19.9 Å². The minimum absolute atomic E-state index is 0.258. The summed E-state index contributed by atoms with van der Waals surface area (Å²) in [4.78, 5) is 36.6. The van der Waals surface area contributed by atoms with Crippen molar-refractivity contribution in [3.63, 3.8) is 0 Å². The maximum Gasteiger partial charge on any atom is 0.340 e. The monoisotopic (exact) mass is 394 g/mol. The first-order valence-corrected chi connectivity index (χ1v) is 9.22. The number of carbonyl (C=O) groups is 3. The predicted octanol–water partition coefficient (Wildman–Crippen LogP) is 3.80. The van der Waals surface area contributed by atoms with E-state index in [1.54, 1.807) is 48.9 Å². The number of rotatable bonds is 6. The molecule has 3 aromatic rings. The second-order valence-corrected chi connectivity index (χ2v) is 6.42. The van der Waals surface area contributed by atoms with Crippen LogP contribution in [-0.4, -0.2) is 36.1 Å². The minimum Gasteiger partial charge on any atom is -0.465 e. The molecular formula is C22H22N2O5. The second-order valence-electron chi connectivity index (χ2n) is 6.42. The standard InChI is InChI=1S/C22H22N2O5/c1-4-29-21(26)15-9-11-16(12-10-15)23-20(25)14(2)24-13-18(22(27)28-3)17-7-5-6-8-19(17)24/h5-14H,4H2,1-3H3,(H,23,25)/t14-/m0/s1. The summed E-state index contributed by atoms with van der Waals surface area (Å²) in [6, 6.07) is 13.2. The summed E-state index contributed by atoms with van der Waals surface area (Å²) in [7, 11) is 1.32. The van der Waals surface area contributed by atoms with Crippen molar-refractivity contribution in [2.75, 3.05) is 19.0 Å². The van der Waals surface area contributed by atoms with Crippen molar-refractivity contribution in [1.29, 1.82) is 0 Å². The third kappa shape index (κ3) is 4.13. The van der Waals surface area contributed by atoms with Crippen molar-refractivity contribution < 1.29 is 23.9 Å². The van der Waals surface area contributed by atoms with Gasteiger partial charge in [0.05, 0.1) is 24.8 Å². The zero-order valence-corrected chi connectivity index (χ0v) is 16.5. The molecule has 0 aliphatic carbocycles. The summed E-state index contributed by atoms with van der Waals surface area (Å²) in [6.07, 6.45) is 1.63. The van der Waals surface area contributed by atoms with Crippen LogP contribution in [0.3, 0.4) is 0 Å². The van der Waals surface area contributed by atoms with Crippen LogP contribution >= 0.6 is 0 Å². The lowest BCUT2D eigenvalue weighted by Gasteiger charge is -2.15. The number of para-hydroxylation sites is 1. The molecule has 1 atom stereocenters. The van der Waals surface area contributed by atoms with E-state index < -0.39 is 18.0 Å². The Morgan fingerprint density at radius 2 is 1.72 bits per heavy atom. The SMILES string of the molecule is CCOC(=O)c1ccc(NC(=O)[C@H](C)n2cc(C(=O)OC)c3ccccc32)cc1. The average Bonchev–Trinajstić information content (AvgIpc) is 3.13. The number of amides is 1. The Hall–Kier alpha value is -3.61. The average molecular weight is 394 g/mol. The molecule has 2 aromatic carbocycles. The number of methoxy groups -OCH3 is 1. The van der Waals surface area contributed by atoms with E-state index in [9.17, 15) is 14.4 Å². The van der Waals surface area contributed by atoms with E-state index in [1.807, 2.05) is 24.3 Å². The molecule has 0 fully saturated rings. The number of hydrogen-bond donors (Lipinski definition) is 1. The van der Waals surface area contributed by atoms with E-state index in [-0.39, 0.29) is 5.91 Å². The first-order valence-electron chi connectivity index (χ1n) is 9.22. The first kappa shape index (κ1) is 20.1. The molecule has 0 bridgehead atoms. The Labute approximate surface area is 168 Å². The van der Waals surface area contributed by atoms with Crippen molar-refractivity contribution in [3.8, 4) is 0 Å². The van der Waals surface area contributed by atoms with Crippen molar-refractivity contribution in [1.82, 2.24) is 4.57 Å². The van der Waals surface area contributed by atoms with Gasteiger partial charge in [-0.25, -0.2) is 9.59 Å². The lowest BCUT2D eigenvalue weighted by molar-refractivity contribution is -0.118. The maximum absolute atomic E-state index is 12.8. The highest BCUT2D eigenvalue weighted by atomic mass is 16.5. The molecule has 1 aromatic heterocycles. The van der Waals surface area contributed by atoms with E-state index in [1.165, 1.54) is 7.11 Å². The summed E-state index contributed by atoms with van der Waals surface area (Å²) in [5.41, 5.74) is 2.13. The van der Waals surface area contributed by atoms with Crippen LogP contribution in [0.5, 0.6) is 0 Å². The molecule has 0 radical (unpaired) electrons. The predicted molar refractivity (Wildman–Crippen MR) is 109 cm³/mol. The van der Waals surface area contributed by atoms with Crippen LogP contribution in [-0.2, 0) is 14.3 Å². The molecule has 0 aliphatic rings. The van der Waals surface area contributed by atoms with Crippen molar-refractivity contribution >= 4 is 34.4 Å². The lowest BCUT2D eigenvalue weighted by atomic mass is 10.2. The lowest BCUT2D eigenvalue weighted by Crippen LogP contribution is -2.23. The van der Waals surface area contributed by atoms with Gasteiger partial charge in [-0.2, -0.15) is 0 Å². The summed E-state index contributed by atoms with van der Waals surface area (Å²) in [5, 5.41) is 3.55. The fourth-order valence-corrected chi connectivity index (χ4v) is 3.07. The quantitative estimate of drug-likeness (QED) is 0.643. The number of anilines is 1. The number of fused-ring (bicyclic) bond motifs is 1. The van der Waals surface area contributed by atoms with Crippen LogP contribution in [0.2, 0.25) is 0 Å². The topological polar surface area (TPSA) is 86.6 Å². The van der Waals surface area contributed by atoms with Crippen LogP contribution in [0, 0.1) is 0 Å². The van der Waals surface area contributed by atoms with Gasteiger partial charge in [0, 0.05) is 22.8 Å². The summed E-state index contributed by atoms with van der Waals surface area (Å²) in [6.45, 7) is 3.79. The molecule has 29 heavy (non-hydrogen) atoms. The van der Waals surface area contributed by atoms with Gasteiger partial charge in [-0.1, -0.05) is 18.2 Å². The van der Waals surface area contributed by atoms with Gasteiger partial charge in [0.25, 0.3) is 0 Å². The molecular weight excluding hydrogens is 372 g/mol. The van der Waals surface area contributed by atoms with E-state index in [4.69, 9.17) is 9.47 Å². The Balaban J connectivity index is 1.82. The summed E-state index contributed by atoms with van der Waals surface area (Å²) < 4.78 is 11.5. The molecule has 1 N–H and O–H groups in total. The zero-order valence-electron chi connectivity index (χ0n) is 16.5. The van der Waals surface area contributed by atoms with Gasteiger partial charge in [0.1, 0.15) is 6.04 Å². The Morgan fingerprint density at radius 3 is 2.38 bits per heavy atom. The van der Waals surface area contributed by atoms with Gasteiger partial charge >= 0.3 is 11.9 Å². The number of ether oxygens (including phenoxy) is 2. The number of nitrogens with one attached hydrogen (secondary N) is 1.